The van der Waals surface area contributed by atoms with Crippen molar-refractivity contribution in [1.29, 1.82) is 0 Å². The number of nitrogens with zero attached hydrogens (tertiary/aromatic N) is 5. The Morgan fingerprint density at radius 1 is 1.21 bits per heavy atom. The fourth-order valence-corrected chi connectivity index (χ4v) is 3.54. The van der Waals surface area contributed by atoms with Crippen LogP contribution in [0.15, 0.2) is 24.4 Å². The zero-order valence-electron chi connectivity index (χ0n) is 21.3. The Morgan fingerprint density at radius 2 is 1.85 bits per heavy atom. The highest BCUT2D eigenvalue weighted by atomic mass is 35.5. The van der Waals surface area contributed by atoms with Gasteiger partial charge >= 0.3 is 6.03 Å². The van der Waals surface area contributed by atoms with Crippen LogP contribution in [0.1, 0.15) is 52.9 Å². The van der Waals surface area contributed by atoms with Crippen molar-refractivity contribution in [3.8, 4) is 0 Å². The Kier molecular flexibility index (Phi) is 9.35. The molecule has 182 valence electrons. The molecule has 8 heteroatoms. The highest BCUT2D eigenvalue weighted by molar-refractivity contribution is 6.32. The van der Waals surface area contributed by atoms with Gasteiger partial charge in [0.05, 0.1) is 10.7 Å². The number of hydrogen-bond donors (Lipinski definition) is 1. The van der Waals surface area contributed by atoms with Crippen LogP contribution in [-0.4, -0.2) is 51.6 Å². The van der Waals surface area contributed by atoms with Gasteiger partial charge in [0.2, 0.25) is 5.95 Å². The summed E-state index contributed by atoms with van der Waals surface area (Å²) in [6, 6.07) is 3.51. The molecule has 1 unspecified atom stereocenters. The van der Waals surface area contributed by atoms with Crippen LogP contribution in [-0.2, 0) is 7.05 Å². The molecule has 3 rings (SSSR count). The first kappa shape index (κ1) is 26.7. The summed E-state index contributed by atoms with van der Waals surface area (Å²) in [7, 11) is 1.92. The first-order chi connectivity index (χ1) is 15.6. The third kappa shape index (κ3) is 6.73. The van der Waals surface area contributed by atoms with E-state index in [1.54, 1.807) is 11.1 Å². The number of halogens is 1. The van der Waals surface area contributed by atoms with Crippen molar-refractivity contribution in [3.05, 3.63) is 40.8 Å². The van der Waals surface area contributed by atoms with E-state index < -0.39 is 0 Å². The standard InChI is InChI=1S/C23H33ClN6O.C2H6/c1-16(23(3,4)5)9-10-19-17(2)28(6)21(26-19)27-22(31)30-14-12-29(13-15-30)20-18(24)8-7-11-25-20;1-2/h7-11,16H,12-15H2,1-6H3,(H,26,27,31);1-2H3/b10-9-;. The average Bonchev–Trinajstić information content (AvgIpc) is 3.06. The van der Waals surface area contributed by atoms with E-state index in [1.807, 2.05) is 44.5 Å². The molecular weight excluding hydrogens is 436 g/mol. The van der Waals surface area contributed by atoms with Crippen molar-refractivity contribution in [3.63, 3.8) is 0 Å². The third-order valence-corrected chi connectivity index (χ3v) is 6.45. The Hall–Kier alpha value is -2.54. The zero-order chi connectivity index (χ0) is 24.8. The number of nitrogens with one attached hydrogen (secondary N) is 1. The molecule has 0 spiro atoms. The lowest BCUT2D eigenvalue weighted by Gasteiger charge is -2.35. The van der Waals surface area contributed by atoms with Gasteiger partial charge in [0.25, 0.3) is 0 Å². The van der Waals surface area contributed by atoms with E-state index in [-0.39, 0.29) is 11.4 Å². The maximum absolute atomic E-state index is 12.8. The van der Waals surface area contributed by atoms with Gasteiger partial charge in [0.15, 0.2) is 0 Å². The van der Waals surface area contributed by atoms with E-state index in [0.717, 1.165) is 17.2 Å². The summed E-state index contributed by atoms with van der Waals surface area (Å²) in [4.78, 5) is 25.8. The highest BCUT2D eigenvalue weighted by Crippen LogP contribution is 2.27. The predicted octanol–water partition coefficient (Wildman–Crippen LogP) is 5.85. The van der Waals surface area contributed by atoms with Crippen molar-refractivity contribution in [1.82, 2.24) is 19.4 Å². The van der Waals surface area contributed by atoms with Gasteiger partial charge in [-0.1, -0.05) is 59.2 Å². The number of piperazine rings is 1. The quantitative estimate of drug-likeness (QED) is 0.603. The van der Waals surface area contributed by atoms with E-state index in [4.69, 9.17) is 11.6 Å². The number of amides is 2. The zero-order valence-corrected chi connectivity index (χ0v) is 22.1. The lowest BCUT2D eigenvalue weighted by molar-refractivity contribution is 0.208. The average molecular weight is 475 g/mol. The number of pyridine rings is 1. The molecule has 1 aliphatic rings. The van der Waals surface area contributed by atoms with E-state index in [0.29, 0.717) is 43.1 Å². The van der Waals surface area contributed by atoms with Crippen molar-refractivity contribution in [2.45, 2.75) is 48.5 Å². The summed E-state index contributed by atoms with van der Waals surface area (Å²) in [6.45, 7) is 17.4. The number of rotatable bonds is 4. The van der Waals surface area contributed by atoms with Crippen LogP contribution in [0, 0.1) is 18.3 Å². The minimum Gasteiger partial charge on any atom is -0.352 e. The minimum absolute atomic E-state index is 0.140. The molecule has 1 atom stereocenters. The molecule has 2 amide bonds. The number of hydrogen-bond acceptors (Lipinski definition) is 4. The van der Waals surface area contributed by atoms with Crippen molar-refractivity contribution < 1.29 is 4.79 Å². The summed E-state index contributed by atoms with van der Waals surface area (Å²) < 4.78 is 1.92. The molecule has 1 aliphatic heterocycles. The fourth-order valence-electron chi connectivity index (χ4n) is 3.30. The summed E-state index contributed by atoms with van der Waals surface area (Å²) in [6.07, 6.45) is 5.97. The lowest BCUT2D eigenvalue weighted by Crippen LogP contribution is -2.50. The number of carbonyl (C=O) groups excluding carboxylic acids is 1. The Balaban J connectivity index is 0.00000187. The van der Waals surface area contributed by atoms with E-state index in [1.165, 1.54) is 0 Å². The first-order valence-corrected chi connectivity index (χ1v) is 12.1. The molecule has 3 heterocycles. The smallest absolute Gasteiger partial charge is 0.324 e. The Labute approximate surface area is 203 Å². The third-order valence-electron chi connectivity index (χ3n) is 6.15. The van der Waals surface area contributed by atoms with E-state index in [9.17, 15) is 4.79 Å². The molecule has 1 fully saturated rings. The van der Waals surface area contributed by atoms with Gasteiger partial charge in [0, 0.05) is 45.1 Å². The molecule has 0 aliphatic carbocycles. The molecule has 2 aromatic heterocycles. The normalized spacial score (nSPS) is 15.3. The van der Waals surface area contributed by atoms with E-state index in [2.05, 4.69) is 60.0 Å². The molecule has 0 radical (unpaired) electrons. The van der Waals surface area contributed by atoms with Crippen LogP contribution in [0.5, 0.6) is 0 Å². The van der Waals surface area contributed by atoms with Crippen LogP contribution in [0.3, 0.4) is 0 Å². The fraction of sp³-hybridized carbons (Fsp3) is 0.560. The number of anilines is 2. The lowest BCUT2D eigenvalue weighted by atomic mass is 9.82. The second-order valence-electron chi connectivity index (χ2n) is 9.19. The molecule has 1 saturated heterocycles. The first-order valence-electron chi connectivity index (χ1n) is 11.7. The Morgan fingerprint density at radius 3 is 2.42 bits per heavy atom. The van der Waals surface area contributed by atoms with Gasteiger partial charge in [-0.2, -0.15) is 0 Å². The van der Waals surface area contributed by atoms with Crippen LogP contribution < -0.4 is 10.2 Å². The topological polar surface area (TPSA) is 66.3 Å². The minimum atomic E-state index is -0.140. The van der Waals surface area contributed by atoms with Gasteiger partial charge in [-0.25, -0.2) is 14.8 Å². The van der Waals surface area contributed by atoms with Crippen LogP contribution >= 0.6 is 11.6 Å². The summed E-state index contributed by atoms with van der Waals surface area (Å²) >= 11 is 6.25. The van der Waals surface area contributed by atoms with Gasteiger partial charge in [-0.3, -0.25) is 5.32 Å². The van der Waals surface area contributed by atoms with Crippen LogP contribution in [0.25, 0.3) is 6.08 Å². The summed E-state index contributed by atoms with van der Waals surface area (Å²) in [5.41, 5.74) is 2.09. The van der Waals surface area contributed by atoms with Gasteiger partial charge in [-0.15, -0.1) is 0 Å². The second kappa shape index (κ2) is 11.5. The van der Waals surface area contributed by atoms with E-state index >= 15 is 0 Å². The predicted molar refractivity (Wildman–Crippen MR) is 139 cm³/mol. The number of imidazole rings is 1. The molecule has 0 bridgehead atoms. The molecule has 0 aromatic carbocycles. The van der Waals surface area contributed by atoms with Crippen molar-refractivity contribution >= 4 is 35.5 Å². The molecular formula is C25H39ClN6O. The van der Waals surface area contributed by atoms with Gasteiger partial charge < -0.3 is 14.4 Å². The Bertz CT molecular complexity index is 954. The highest BCUT2D eigenvalue weighted by Gasteiger charge is 2.24. The maximum Gasteiger partial charge on any atom is 0.324 e. The number of allylic oxidation sites excluding steroid dienone is 1. The number of carbonyl (C=O) groups is 1. The maximum atomic E-state index is 12.8. The molecule has 0 saturated carbocycles. The van der Waals surface area contributed by atoms with Crippen LogP contribution in [0.4, 0.5) is 16.6 Å². The van der Waals surface area contributed by atoms with Crippen molar-refractivity contribution in [2.24, 2.45) is 18.4 Å². The molecule has 7 nitrogen and oxygen atoms in total. The molecule has 2 aromatic rings. The summed E-state index contributed by atoms with van der Waals surface area (Å²) in [5, 5.41) is 3.60. The summed E-state index contributed by atoms with van der Waals surface area (Å²) in [5.74, 6) is 1.74. The SMILES string of the molecule is CC.Cc1c(/C=C\C(C)C(C)(C)C)nc(NC(=O)N2CCN(c3ncccc3Cl)CC2)n1C. The number of aromatic nitrogens is 3. The monoisotopic (exact) mass is 474 g/mol. The number of urea groups is 1. The van der Waals surface area contributed by atoms with Crippen LogP contribution in [0.2, 0.25) is 5.02 Å². The molecule has 1 N–H and O–H groups in total. The largest absolute Gasteiger partial charge is 0.352 e. The molecule has 33 heavy (non-hydrogen) atoms. The van der Waals surface area contributed by atoms with Gasteiger partial charge in [0.1, 0.15) is 5.82 Å². The van der Waals surface area contributed by atoms with Crippen molar-refractivity contribution in [2.75, 3.05) is 36.4 Å². The second-order valence-corrected chi connectivity index (χ2v) is 9.60. The van der Waals surface area contributed by atoms with Gasteiger partial charge in [-0.05, 0) is 36.5 Å².